The molecule has 0 radical (unpaired) electrons. The molecule has 0 aliphatic heterocycles. The molecule has 15 heavy (non-hydrogen) atoms. The summed E-state index contributed by atoms with van der Waals surface area (Å²) in [5.41, 5.74) is 0.105. The van der Waals surface area contributed by atoms with E-state index in [4.69, 9.17) is 5.11 Å². The number of carboxylic acids is 1. The van der Waals surface area contributed by atoms with Gasteiger partial charge in [0.2, 0.25) is 0 Å². The molecule has 0 aromatic carbocycles. The zero-order valence-corrected chi connectivity index (χ0v) is 9.05. The van der Waals surface area contributed by atoms with Gasteiger partial charge in [-0.05, 0) is 28.1 Å². The maximum Gasteiger partial charge on any atom is 0.339 e. The summed E-state index contributed by atoms with van der Waals surface area (Å²) in [4.78, 5) is 15.0. The van der Waals surface area contributed by atoms with E-state index >= 15 is 0 Å². The molecular formula is C9H6BrN3O2. The second-order valence-corrected chi connectivity index (χ2v) is 3.70. The number of nitrogens with zero attached hydrogens (tertiary/aromatic N) is 3. The van der Waals surface area contributed by atoms with Crippen molar-refractivity contribution in [2.45, 2.75) is 0 Å². The quantitative estimate of drug-likeness (QED) is 0.900. The Morgan fingerprint density at radius 3 is 2.93 bits per heavy atom. The fourth-order valence-electron chi connectivity index (χ4n) is 1.17. The van der Waals surface area contributed by atoms with Crippen molar-refractivity contribution in [2.24, 2.45) is 0 Å². The molecule has 2 aromatic heterocycles. The second-order valence-electron chi connectivity index (χ2n) is 2.78. The molecule has 2 aromatic rings. The molecule has 0 spiro atoms. The fraction of sp³-hybridized carbons (Fsp3) is 0. The number of aromatic carboxylic acids is 1. The van der Waals surface area contributed by atoms with Gasteiger partial charge in [-0.3, -0.25) is 0 Å². The van der Waals surface area contributed by atoms with Gasteiger partial charge in [0.15, 0.2) is 5.82 Å². The molecule has 2 heterocycles. The van der Waals surface area contributed by atoms with Crippen molar-refractivity contribution in [3.8, 4) is 5.82 Å². The van der Waals surface area contributed by atoms with Gasteiger partial charge < -0.3 is 5.11 Å². The smallest absolute Gasteiger partial charge is 0.339 e. The molecule has 0 atom stereocenters. The molecule has 0 unspecified atom stereocenters. The monoisotopic (exact) mass is 267 g/mol. The summed E-state index contributed by atoms with van der Waals surface area (Å²) in [5, 5.41) is 12.9. The van der Waals surface area contributed by atoms with Crippen LogP contribution >= 0.6 is 15.9 Å². The van der Waals surface area contributed by atoms with Crippen LogP contribution in [-0.4, -0.2) is 25.8 Å². The van der Waals surface area contributed by atoms with Gasteiger partial charge in [-0.1, -0.05) is 0 Å². The van der Waals surface area contributed by atoms with E-state index in [-0.39, 0.29) is 5.56 Å². The highest BCUT2D eigenvalue weighted by Crippen LogP contribution is 2.16. The van der Waals surface area contributed by atoms with Gasteiger partial charge in [-0.2, -0.15) is 5.10 Å². The molecule has 2 rings (SSSR count). The summed E-state index contributed by atoms with van der Waals surface area (Å²) in [7, 11) is 0. The Hall–Kier alpha value is -1.69. The average Bonchev–Trinajstić information content (AvgIpc) is 2.70. The molecule has 0 saturated carbocycles. The van der Waals surface area contributed by atoms with Crippen molar-refractivity contribution >= 4 is 21.9 Å². The first-order valence-electron chi connectivity index (χ1n) is 4.07. The largest absolute Gasteiger partial charge is 0.478 e. The van der Waals surface area contributed by atoms with Crippen molar-refractivity contribution in [3.05, 3.63) is 40.8 Å². The Balaban J connectivity index is 2.61. The molecule has 5 nitrogen and oxygen atoms in total. The number of pyridine rings is 1. The van der Waals surface area contributed by atoms with Crippen LogP contribution in [0.15, 0.2) is 35.2 Å². The van der Waals surface area contributed by atoms with E-state index in [1.54, 1.807) is 18.5 Å². The van der Waals surface area contributed by atoms with Crippen LogP contribution in [0.4, 0.5) is 0 Å². The number of rotatable bonds is 2. The third-order valence-corrected chi connectivity index (χ3v) is 2.22. The number of hydrogen-bond acceptors (Lipinski definition) is 3. The highest BCUT2D eigenvalue weighted by Gasteiger charge is 2.13. The van der Waals surface area contributed by atoms with Crippen LogP contribution in [0.1, 0.15) is 10.4 Å². The molecule has 0 aliphatic rings. The first-order chi connectivity index (χ1) is 7.18. The molecule has 0 fully saturated rings. The summed E-state index contributed by atoms with van der Waals surface area (Å²) >= 11 is 3.17. The normalized spacial score (nSPS) is 10.2. The maximum atomic E-state index is 11.0. The van der Waals surface area contributed by atoms with Gasteiger partial charge in [0.25, 0.3) is 0 Å². The first kappa shape index (κ1) is 9.85. The molecule has 6 heteroatoms. The summed E-state index contributed by atoms with van der Waals surface area (Å²) in [6.07, 6.45) is 4.74. The fourth-order valence-corrected chi connectivity index (χ4v) is 1.50. The minimum atomic E-state index is -1.03. The molecule has 0 saturated heterocycles. The highest BCUT2D eigenvalue weighted by atomic mass is 79.9. The first-order valence-corrected chi connectivity index (χ1v) is 4.86. The van der Waals surface area contributed by atoms with Crippen LogP contribution in [0.2, 0.25) is 0 Å². The lowest BCUT2D eigenvalue weighted by molar-refractivity contribution is 0.0696. The zero-order chi connectivity index (χ0) is 10.8. The Morgan fingerprint density at radius 2 is 2.33 bits per heavy atom. The Morgan fingerprint density at radius 1 is 1.53 bits per heavy atom. The SMILES string of the molecule is O=C(O)c1cc(Br)cnc1-n1cccn1. The minimum Gasteiger partial charge on any atom is -0.478 e. The van der Waals surface area contributed by atoms with E-state index in [9.17, 15) is 4.79 Å². The number of carboxylic acid groups (broad SMARTS) is 1. The van der Waals surface area contributed by atoms with Crippen LogP contribution in [0.5, 0.6) is 0 Å². The number of hydrogen-bond donors (Lipinski definition) is 1. The van der Waals surface area contributed by atoms with Gasteiger partial charge >= 0.3 is 5.97 Å². The van der Waals surface area contributed by atoms with E-state index in [1.807, 2.05) is 0 Å². The number of aromatic nitrogens is 3. The summed E-state index contributed by atoms with van der Waals surface area (Å²) in [5.74, 6) is -0.731. The van der Waals surface area contributed by atoms with E-state index in [0.717, 1.165) is 0 Å². The Bertz CT molecular complexity index is 496. The lowest BCUT2D eigenvalue weighted by atomic mass is 10.2. The predicted molar refractivity (Wildman–Crippen MR) is 56.0 cm³/mol. The maximum absolute atomic E-state index is 11.0. The Labute approximate surface area is 93.5 Å². The van der Waals surface area contributed by atoms with Crippen molar-refractivity contribution in [2.75, 3.05) is 0 Å². The van der Waals surface area contributed by atoms with Gasteiger partial charge in [0.05, 0.1) is 0 Å². The van der Waals surface area contributed by atoms with Gasteiger partial charge in [0, 0.05) is 23.1 Å². The topological polar surface area (TPSA) is 68.0 Å². The highest BCUT2D eigenvalue weighted by molar-refractivity contribution is 9.10. The molecule has 0 aliphatic carbocycles. The lowest BCUT2D eigenvalue weighted by Gasteiger charge is -2.04. The van der Waals surface area contributed by atoms with E-state index in [1.165, 1.54) is 16.9 Å². The van der Waals surface area contributed by atoms with Crippen LogP contribution < -0.4 is 0 Å². The van der Waals surface area contributed by atoms with Gasteiger partial charge in [0.1, 0.15) is 5.56 Å². The lowest BCUT2D eigenvalue weighted by Crippen LogP contribution is -2.08. The third-order valence-electron chi connectivity index (χ3n) is 1.79. The predicted octanol–water partition coefficient (Wildman–Crippen LogP) is 1.73. The van der Waals surface area contributed by atoms with E-state index in [0.29, 0.717) is 10.3 Å². The van der Waals surface area contributed by atoms with Crippen molar-refractivity contribution in [3.63, 3.8) is 0 Å². The number of halogens is 1. The van der Waals surface area contributed by atoms with Crippen LogP contribution in [0, 0.1) is 0 Å². The van der Waals surface area contributed by atoms with Gasteiger partial charge in [-0.15, -0.1) is 0 Å². The Kier molecular flexibility index (Phi) is 2.51. The minimum absolute atomic E-state index is 0.105. The van der Waals surface area contributed by atoms with Crippen LogP contribution in [0.3, 0.4) is 0 Å². The standard InChI is InChI=1S/C9H6BrN3O2/c10-6-4-7(9(14)15)8(11-5-6)13-3-1-2-12-13/h1-5H,(H,14,15). The van der Waals surface area contributed by atoms with Crippen molar-refractivity contribution < 1.29 is 9.90 Å². The van der Waals surface area contributed by atoms with Gasteiger partial charge in [-0.25, -0.2) is 14.5 Å². The van der Waals surface area contributed by atoms with Crippen LogP contribution in [-0.2, 0) is 0 Å². The summed E-state index contributed by atoms with van der Waals surface area (Å²) in [6.45, 7) is 0. The second kappa shape index (κ2) is 3.82. The summed E-state index contributed by atoms with van der Waals surface area (Å²) in [6, 6.07) is 3.20. The molecule has 0 amide bonds. The zero-order valence-electron chi connectivity index (χ0n) is 7.46. The van der Waals surface area contributed by atoms with Crippen LogP contribution in [0.25, 0.3) is 5.82 Å². The van der Waals surface area contributed by atoms with E-state index in [2.05, 4.69) is 26.0 Å². The van der Waals surface area contributed by atoms with Crippen molar-refractivity contribution in [1.82, 2.24) is 14.8 Å². The van der Waals surface area contributed by atoms with E-state index < -0.39 is 5.97 Å². The third kappa shape index (κ3) is 1.89. The summed E-state index contributed by atoms with van der Waals surface area (Å²) < 4.78 is 2.03. The molecule has 0 bridgehead atoms. The molecule has 1 N–H and O–H groups in total. The van der Waals surface area contributed by atoms with Crippen molar-refractivity contribution in [1.29, 1.82) is 0 Å². The molecule has 76 valence electrons. The number of carbonyl (C=O) groups is 1. The molecular weight excluding hydrogens is 262 g/mol. The average molecular weight is 268 g/mol.